The van der Waals surface area contributed by atoms with Crippen molar-refractivity contribution < 1.29 is 4.79 Å². The van der Waals surface area contributed by atoms with Crippen LogP contribution >= 0.6 is 0 Å². The van der Waals surface area contributed by atoms with Gasteiger partial charge in [0.15, 0.2) is 0 Å². The van der Waals surface area contributed by atoms with Gasteiger partial charge in [0, 0.05) is 37.3 Å². The van der Waals surface area contributed by atoms with E-state index >= 15 is 0 Å². The van der Waals surface area contributed by atoms with Gasteiger partial charge < -0.3 is 10.2 Å². The Kier molecular flexibility index (Phi) is 5.18. The maximum absolute atomic E-state index is 12.5. The normalized spacial score (nSPS) is 28.0. The molecule has 1 aromatic carbocycles. The summed E-state index contributed by atoms with van der Waals surface area (Å²) < 4.78 is 0. The topological polar surface area (TPSA) is 56.4 Å². The number of rotatable bonds is 5. The van der Waals surface area contributed by atoms with Gasteiger partial charge in [-0.05, 0) is 31.9 Å². The third kappa shape index (κ3) is 3.67. The Morgan fingerprint density at radius 2 is 2.00 bits per heavy atom. The molecule has 1 aromatic rings. The van der Waals surface area contributed by atoms with Crippen molar-refractivity contribution in [1.82, 2.24) is 16.2 Å². The minimum Gasteiger partial charge on any atom is -0.370 e. The number of carbonyl (C=O) groups excluding carboxylic acids is 1. The number of anilines is 1. The zero-order valence-corrected chi connectivity index (χ0v) is 14.1. The van der Waals surface area contributed by atoms with E-state index in [0.29, 0.717) is 18.5 Å². The number of hydrogen-bond acceptors (Lipinski definition) is 4. The summed E-state index contributed by atoms with van der Waals surface area (Å²) in [5, 5.41) is 3.12. The molecule has 2 fully saturated rings. The Morgan fingerprint density at radius 1 is 1.26 bits per heavy atom. The Balaban J connectivity index is 1.50. The fraction of sp³-hybridized carbons (Fsp3) is 0.611. The molecule has 3 N–H and O–H groups in total. The van der Waals surface area contributed by atoms with Crippen LogP contribution in [0.2, 0.25) is 0 Å². The van der Waals surface area contributed by atoms with Gasteiger partial charge in [-0.3, -0.25) is 10.2 Å². The predicted octanol–water partition coefficient (Wildman–Crippen LogP) is 1.66. The van der Waals surface area contributed by atoms with E-state index in [1.54, 1.807) is 0 Å². The number of hydrazine groups is 1. The van der Waals surface area contributed by atoms with Gasteiger partial charge in [-0.2, -0.15) is 0 Å². The molecular weight excluding hydrogens is 288 g/mol. The molecular formula is C18H28N4O. The van der Waals surface area contributed by atoms with Gasteiger partial charge >= 0.3 is 0 Å². The van der Waals surface area contributed by atoms with E-state index in [9.17, 15) is 4.79 Å². The van der Waals surface area contributed by atoms with Crippen molar-refractivity contribution in [2.45, 2.75) is 50.7 Å². The zero-order valence-electron chi connectivity index (χ0n) is 14.1. The lowest BCUT2D eigenvalue weighted by molar-refractivity contribution is -0.124. The van der Waals surface area contributed by atoms with Crippen LogP contribution in [0.5, 0.6) is 0 Å². The van der Waals surface area contributed by atoms with Crippen molar-refractivity contribution in [1.29, 1.82) is 0 Å². The van der Waals surface area contributed by atoms with Gasteiger partial charge in [-0.1, -0.05) is 31.0 Å². The quantitative estimate of drug-likeness (QED) is 0.773. The Labute approximate surface area is 138 Å². The molecule has 126 valence electrons. The smallest absolute Gasteiger partial charge is 0.238 e. The van der Waals surface area contributed by atoms with Crippen molar-refractivity contribution in [2.75, 3.05) is 18.5 Å². The largest absolute Gasteiger partial charge is 0.370 e. The van der Waals surface area contributed by atoms with E-state index in [2.05, 4.69) is 47.2 Å². The number of fused-ring (bicyclic) bond motifs is 1. The number of para-hydroxylation sites is 1. The fourth-order valence-electron chi connectivity index (χ4n) is 3.71. The third-order valence-electron chi connectivity index (χ3n) is 5.35. The Bertz CT molecular complexity index is 521. The molecule has 0 aromatic heterocycles. The molecule has 0 bridgehead atoms. The Morgan fingerprint density at radius 3 is 2.78 bits per heavy atom. The minimum absolute atomic E-state index is 0.0884. The lowest BCUT2D eigenvalue weighted by Crippen LogP contribution is -2.49. The highest BCUT2D eigenvalue weighted by Gasteiger charge is 2.40. The zero-order chi connectivity index (χ0) is 16.2. The average molecular weight is 316 g/mol. The average Bonchev–Trinajstić information content (AvgIpc) is 3.03. The van der Waals surface area contributed by atoms with Crippen LogP contribution in [0.25, 0.3) is 0 Å². The van der Waals surface area contributed by atoms with Crippen molar-refractivity contribution in [2.24, 2.45) is 5.92 Å². The van der Waals surface area contributed by atoms with E-state index < -0.39 is 0 Å². The van der Waals surface area contributed by atoms with Crippen LogP contribution in [0.15, 0.2) is 30.3 Å². The lowest BCUT2D eigenvalue weighted by atomic mass is 9.81. The van der Waals surface area contributed by atoms with Crippen LogP contribution < -0.4 is 21.1 Å². The number of nitrogens with one attached hydrogen (secondary N) is 3. The van der Waals surface area contributed by atoms with Gasteiger partial charge in [-0.15, -0.1) is 0 Å². The van der Waals surface area contributed by atoms with E-state index in [4.69, 9.17) is 0 Å². The van der Waals surface area contributed by atoms with Gasteiger partial charge in [0.05, 0.1) is 0 Å². The molecule has 0 spiro atoms. The van der Waals surface area contributed by atoms with Gasteiger partial charge in [0.25, 0.3) is 0 Å². The maximum atomic E-state index is 12.5. The predicted molar refractivity (Wildman–Crippen MR) is 93.1 cm³/mol. The lowest BCUT2D eigenvalue weighted by Gasteiger charge is -2.29. The molecule has 1 heterocycles. The standard InChI is InChI=1S/C18H28N4O/c1-13(22(2)14-8-4-3-5-9-14)12-19-18(23)17-15-10-6-7-11-16(15)20-21-17/h3-5,8-9,13,15-17,20-21H,6-7,10-12H2,1-2H3,(H,19,23). The maximum Gasteiger partial charge on any atom is 0.238 e. The van der Waals surface area contributed by atoms with Gasteiger partial charge in [-0.25, -0.2) is 5.43 Å². The third-order valence-corrected chi connectivity index (χ3v) is 5.35. The van der Waals surface area contributed by atoms with Crippen LogP contribution in [0.4, 0.5) is 5.69 Å². The number of carbonyl (C=O) groups is 1. The highest BCUT2D eigenvalue weighted by atomic mass is 16.2. The van der Waals surface area contributed by atoms with E-state index in [0.717, 1.165) is 6.42 Å². The monoisotopic (exact) mass is 316 g/mol. The SMILES string of the molecule is CC(CNC(=O)C1NNC2CCCCC21)N(C)c1ccccc1. The highest BCUT2D eigenvalue weighted by molar-refractivity contribution is 5.82. The summed E-state index contributed by atoms with van der Waals surface area (Å²) in [6.45, 7) is 2.79. The number of hydrogen-bond donors (Lipinski definition) is 3. The summed E-state index contributed by atoms with van der Waals surface area (Å²) in [5.41, 5.74) is 7.68. The summed E-state index contributed by atoms with van der Waals surface area (Å²) in [6.07, 6.45) is 4.82. The van der Waals surface area contributed by atoms with E-state index in [1.165, 1.54) is 24.9 Å². The van der Waals surface area contributed by atoms with E-state index in [1.807, 2.05) is 18.2 Å². The minimum atomic E-state index is -0.0884. The first-order chi connectivity index (χ1) is 11.2. The molecule has 1 aliphatic carbocycles. The first-order valence-electron chi connectivity index (χ1n) is 8.73. The second-order valence-corrected chi connectivity index (χ2v) is 6.86. The van der Waals surface area contributed by atoms with Crippen molar-refractivity contribution >= 4 is 11.6 Å². The molecule has 1 saturated heterocycles. The molecule has 4 unspecified atom stereocenters. The summed E-state index contributed by atoms with van der Waals surface area (Å²) >= 11 is 0. The van der Waals surface area contributed by atoms with Gasteiger partial charge in [0.2, 0.25) is 5.91 Å². The first kappa shape index (κ1) is 16.3. The molecule has 3 rings (SSSR count). The van der Waals surface area contributed by atoms with E-state index in [-0.39, 0.29) is 18.0 Å². The molecule has 2 aliphatic rings. The second kappa shape index (κ2) is 7.32. The summed E-state index contributed by atoms with van der Waals surface area (Å²) in [6, 6.07) is 10.9. The number of nitrogens with zero attached hydrogens (tertiary/aromatic N) is 1. The number of benzene rings is 1. The molecule has 1 aliphatic heterocycles. The molecule has 1 amide bonds. The second-order valence-electron chi connectivity index (χ2n) is 6.86. The summed E-state index contributed by atoms with van der Waals surface area (Å²) in [5.74, 6) is 0.561. The van der Waals surface area contributed by atoms with Crippen molar-refractivity contribution in [3.63, 3.8) is 0 Å². The van der Waals surface area contributed by atoms with Crippen LogP contribution in [-0.4, -0.2) is 37.6 Å². The van der Waals surface area contributed by atoms with Crippen LogP contribution in [0, 0.1) is 5.92 Å². The molecule has 1 saturated carbocycles. The molecule has 23 heavy (non-hydrogen) atoms. The van der Waals surface area contributed by atoms with Crippen molar-refractivity contribution in [3.8, 4) is 0 Å². The van der Waals surface area contributed by atoms with Gasteiger partial charge in [0.1, 0.15) is 6.04 Å². The molecule has 5 heteroatoms. The molecule has 0 radical (unpaired) electrons. The number of amides is 1. The first-order valence-corrected chi connectivity index (χ1v) is 8.73. The number of likely N-dealkylation sites (N-methyl/N-ethyl adjacent to an activating group) is 1. The highest BCUT2D eigenvalue weighted by Crippen LogP contribution is 2.30. The summed E-state index contributed by atoms with van der Waals surface area (Å²) in [7, 11) is 2.07. The summed E-state index contributed by atoms with van der Waals surface area (Å²) in [4.78, 5) is 14.7. The van der Waals surface area contributed by atoms with Crippen molar-refractivity contribution in [3.05, 3.63) is 30.3 Å². The fourth-order valence-corrected chi connectivity index (χ4v) is 3.71. The molecule has 4 atom stereocenters. The van der Waals surface area contributed by atoms with Crippen LogP contribution in [-0.2, 0) is 4.79 Å². The Hall–Kier alpha value is -1.59. The molecule has 5 nitrogen and oxygen atoms in total. The van der Waals surface area contributed by atoms with Crippen LogP contribution in [0.3, 0.4) is 0 Å². The van der Waals surface area contributed by atoms with Crippen LogP contribution in [0.1, 0.15) is 32.6 Å².